The van der Waals surface area contributed by atoms with Gasteiger partial charge in [-0.1, -0.05) is 18.3 Å². The van der Waals surface area contributed by atoms with Crippen LogP contribution in [-0.4, -0.2) is 51.4 Å². The summed E-state index contributed by atoms with van der Waals surface area (Å²) in [4.78, 5) is 15.1. The van der Waals surface area contributed by atoms with Crippen molar-refractivity contribution in [1.29, 1.82) is 0 Å². The number of hydrogen-bond donors (Lipinski definition) is 2. The van der Waals surface area contributed by atoms with Gasteiger partial charge in [0.05, 0.1) is 12.0 Å². The maximum Gasteiger partial charge on any atom is 0.230 e. The van der Waals surface area contributed by atoms with Crippen molar-refractivity contribution >= 4 is 16.5 Å². The number of ether oxygens (including phenoxy) is 1. The number of aliphatic hydroxyl groups is 1. The van der Waals surface area contributed by atoms with E-state index in [1.54, 1.807) is 7.11 Å². The first kappa shape index (κ1) is 19.9. The van der Waals surface area contributed by atoms with Crippen LogP contribution in [0.3, 0.4) is 0 Å². The molecule has 0 bridgehead atoms. The molecule has 148 valence electrons. The van der Waals surface area contributed by atoms with Gasteiger partial charge in [0.2, 0.25) is 11.8 Å². The number of likely N-dealkylation sites (tertiary alicyclic amines) is 1. The normalized spacial score (nSPS) is 19.0. The molecule has 0 radical (unpaired) electrons. The van der Waals surface area contributed by atoms with Crippen LogP contribution in [0.1, 0.15) is 36.8 Å². The van der Waals surface area contributed by atoms with Gasteiger partial charge in [-0.15, -0.1) is 0 Å². The fourth-order valence-electron chi connectivity index (χ4n) is 3.30. The molecule has 7 nitrogen and oxygen atoms in total. The van der Waals surface area contributed by atoms with Gasteiger partial charge in [-0.05, 0) is 38.1 Å². The minimum atomic E-state index is -0.701. The lowest BCUT2D eigenvalue weighted by molar-refractivity contribution is 0.166. The highest BCUT2D eigenvalue weighted by Gasteiger charge is 2.23. The molecular weight excluding hydrogens is 369 g/mol. The number of nitrogens with zero attached hydrogens (tertiary/aromatic N) is 4. The van der Waals surface area contributed by atoms with E-state index in [-0.39, 0.29) is 0 Å². The third kappa shape index (κ3) is 5.57. The number of piperidine rings is 1. The van der Waals surface area contributed by atoms with Crippen LogP contribution < -0.4 is 10.1 Å². The Kier molecular flexibility index (Phi) is 6.92. The van der Waals surface area contributed by atoms with Crippen molar-refractivity contribution in [2.45, 2.75) is 45.4 Å². The van der Waals surface area contributed by atoms with E-state index in [0.717, 1.165) is 38.0 Å². The molecule has 2 aromatic rings. The molecule has 2 atom stereocenters. The molecule has 2 aromatic heterocycles. The molecule has 1 fully saturated rings. The number of hydrogen-bond acceptors (Lipinski definition) is 8. The van der Waals surface area contributed by atoms with Crippen molar-refractivity contribution in [3.63, 3.8) is 0 Å². The Morgan fingerprint density at radius 2 is 2.33 bits per heavy atom. The Labute approximate surface area is 162 Å². The fraction of sp³-hybridized carbons (Fsp3) is 0.611. The van der Waals surface area contributed by atoms with Crippen molar-refractivity contribution in [3.8, 4) is 5.88 Å². The molecule has 0 spiro atoms. The first-order valence-electron chi connectivity index (χ1n) is 9.24. The fourth-order valence-corrected chi connectivity index (χ4v) is 4.23. The SMILES string of the molecule is CCC(O)Nc1nc(F)c(CN2CCC[C@H](Cc3cc(OC)ncn3)C2)s1. The lowest BCUT2D eigenvalue weighted by Crippen LogP contribution is -2.35. The van der Waals surface area contributed by atoms with Crippen LogP contribution in [0.15, 0.2) is 12.4 Å². The molecule has 0 aliphatic carbocycles. The monoisotopic (exact) mass is 395 g/mol. The predicted molar refractivity (Wildman–Crippen MR) is 102 cm³/mol. The van der Waals surface area contributed by atoms with E-state index in [2.05, 4.69) is 25.2 Å². The Balaban J connectivity index is 1.58. The van der Waals surface area contributed by atoms with E-state index in [0.29, 0.717) is 34.8 Å². The summed E-state index contributed by atoms with van der Waals surface area (Å²) >= 11 is 1.27. The standard InChI is InChI=1S/C18H26FN5O2S/c1-3-15(25)22-18-23-17(19)14(27-18)10-24-6-4-5-12(9-24)7-13-8-16(26-2)21-11-20-13/h8,11-12,15,25H,3-7,9-10H2,1-2H3,(H,22,23)/t12-,15?/m1/s1. The van der Waals surface area contributed by atoms with Crippen LogP contribution in [0.25, 0.3) is 0 Å². The summed E-state index contributed by atoms with van der Waals surface area (Å²) in [5, 5.41) is 12.9. The van der Waals surface area contributed by atoms with E-state index in [1.807, 2.05) is 13.0 Å². The molecule has 9 heteroatoms. The van der Waals surface area contributed by atoms with Crippen molar-refractivity contribution in [2.75, 3.05) is 25.5 Å². The summed E-state index contributed by atoms with van der Waals surface area (Å²) in [6.45, 7) is 4.23. The number of thiazole rings is 1. The van der Waals surface area contributed by atoms with Crippen LogP contribution in [0, 0.1) is 11.9 Å². The first-order valence-corrected chi connectivity index (χ1v) is 10.1. The summed E-state index contributed by atoms with van der Waals surface area (Å²) in [6.07, 6.45) is 4.43. The predicted octanol–water partition coefficient (Wildman–Crippen LogP) is 2.68. The third-order valence-corrected chi connectivity index (χ3v) is 5.65. The second-order valence-electron chi connectivity index (χ2n) is 6.80. The number of halogens is 1. The minimum absolute atomic E-state index is 0.429. The Morgan fingerprint density at radius 3 is 3.11 bits per heavy atom. The van der Waals surface area contributed by atoms with Gasteiger partial charge in [-0.25, -0.2) is 9.97 Å². The zero-order chi connectivity index (χ0) is 19.2. The van der Waals surface area contributed by atoms with E-state index >= 15 is 0 Å². The number of aromatic nitrogens is 3. The molecular formula is C18H26FN5O2S. The molecule has 0 amide bonds. The molecule has 3 heterocycles. The van der Waals surface area contributed by atoms with Gasteiger partial charge in [0.1, 0.15) is 12.6 Å². The van der Waals surface area contributed by atoms with Crippen LogP contribution >= 0.6 is 11.3 Å². The van der Waals surface area contributed by atoms with Gasteiger partial charge in [0.25, 0.3) is 0 Å². The molecule has 3 rings (SSSR count). The summed E-state index contributed by atoms with van der Waals surface area (Å²) in [5.74, 6) is 0.594. The van der Waals surface area contributed by atoms with Crippen molar-refractivity contribution in [1.82, 2.24) is 19.9 Å². The van der Waals surface area contributed by atoms with E-state index in [1.165, 1.54) is 17.7 Å². The summed E-state index contributed by atoms with van der Waals surface area (Å²) in [5.41, 5.74) is 0.970. The molecule has 0 saturated carbocycles. The second-order valence-corrected chi connectivity index (χ2v) is 7.88. The van der Waals surface area contributed by atoms with Gasteiger partial charge in [-0.3, -0.25) is 4.90 Å². The highest BCUT2D eigenvalue weighted by atomic mass is 32.1. The number of nitrogens with one attached hydrogen (secondary N) is 1. The van der Waals surface area contributed by atoms with Crippen molar-refractivity contribution < 1.29 is 14.2 Å². The molecule has 27 heavy (non-hydrogen) atoms. The van der Waals surface area contributed by atoms with E-state index < -0.39 is 12.2 Å². The Hall–Kier alpha value is -1.84. The van der Waals surface area contributed by atoms with Gasteiger partial charge >= 0.3 is 0 Å². The zero-order valence-corrected chi connectivity index (χ0v) is 16.5. The average molecular weight is 396 g/mol. The number of aliphatic hydroxyl groups excluding tert-OH is 1. The first-order chi connectivity index (χ1) is 13.1. The van der Waals surface area contributed by atoms with Crippen LogP contribution in [-0.2, 0) is 13.0 Å². The second kappa shape index (κ2) is 9.38. The van der Waals surface area contributed by atoms with Crippen LogP contribution in [0.2, 0.25) is 0 Å². The number of methoxy groups -OCH3 is 1. The maximum atomic E-state index is 14.2. The van der Waals surface area contributed by atoms with E-state index in [4.69, 9.17) is 4.74 Å². The smallest absolute Gasteiger partial charge is 0.230 e. The number of rotatable bonds is 8. The summed E-state index contributed by atoms with van der Waals surface area (Å²) in [7, 11) is 1.60. The lowest BCUT2D eigenvalue weighted by Gasteiger charge is -2.32. The molecule has 1 saturated heterocycles. The highest BCUT2D eigenvalue weighted by Crippen LogP contribution is 2.27. The molecule has 1 aliphatic rings. The highest BCUT2D eigenvalue weighted by molar-refractivity contribution is 7.15. The molecule has 0 aromatic carbocycles. The Morgan fingerprint density at radius 1 is 1.48 bits per heavy atom. The quantitative estimate of drug-likeness (QED) is 0.665. The van der Waals surface area contributed by atoms with Crippen LogP contribution in [0.4, 0.5) is 9.52 Å². The van der Waals surface area contributed by atoms with Gasteiger partial charge in [-0.2, -0.15) is 9.37 Å². The molecule has 1 unspecified atom stereocenters. The molecule has 1 aliphatic heterocycles. The minimum Gasteiger partial charge on any atom is -0.481 e. The Bertz CT molecular complexity index is 744. The number of anilines is 1. The van der Waals surface area contributed by atoms with Gasteiger partial charge in [0, 0.05) is 24.8 Å². The topological polar surface area (TPSA) is 83.4 Å². The zero-order valence-electron chi connectivity index (χ0n) is 15.7. The average Bonchev–Trinajstić information content (AvgIpc) is 3.00. The van der Waals surface area contributed by atoms with Crippen LogP contribution in [0.5, 0.6) is 5.88 Å². The van der Waals surface area contributed by atoms with Crippen molar-refractivity contribution in [3.05, 3.63) is 28.9 Å². The van der Waals surface area contributed by atoms with Gasteiger partial charge in [0.15, 0.2) is 5.13 Å². The largest absolute Gasteiger partial charge is 0.481 e. The van der Waals surface area contributed by atoms with Crippen molar-refractivity contribution in [2.24, 2.45) is 5.92 Å². The van der Waals surface area contributed by atoms with E-state index in [9.17, 15) is 9.50 Å². The maximum absolute atomic E-state index is 14.2. The van der Waals surface area contributed by atoms with Gasteiger partial charge < -0.3 is 15.2 Å². The summed E-state index contributed by atoms with van der Waals surface area (Å²) < 4.78 is 19.3. The lowest BCUT2D eigenvalue weighted by atomic mass is 9.93. The third-order valence-electron chi connectivity index (χ3n) is 4.70. The molecule has 2 N–H and O–H groups in total. The summed E-state index contributed by atoms with van der Waals surface area (Å²) in [6, 6.07) is 1.87.